The number of carbonyl (C=O) groups excluding carboxylic acids is 2. The molecule has 4 rings (SSSR count). The highest BCUT2D eigenvalue weighted by Crippen LogP contribution is 2.33. The molecular formula is C18H18N4O4S2. The molecule has 28 heavy (non-hydrogen) atoms. The summed E-state index contributed by atoms with van der Waals surface area (Å²) < 4.78 is 6.92. The molecule has 0 fully saturated rings. The van der Waals surface area contributed by atoms with Crippen molar-refractivity contribution in [3.05, 3.63) is 45.0 Å². The van der Waals surface area contributed by atoms with Gasteiger partial charge in [-0.25, -0.2) is 4.98 Å². The Morgan fingerprint density at radius 1 is 1.43 bits per heavy atom. The standard InChI is InChI=1S/C18H18N4O4S2/c1-10(23)21-5-4-12-13(8-21)28-16-15(12)17(25)22(7-11-3-2-6-26-11)18(20-16)27-9-14(19)24/h2-3,6H,4-5,7-9H2,1H3,(H2,19,24). The fourth-order valence-corrected chi connectivity index (χ4v) is 5.28. The number of thiophene rings is 1. The molecule has 2 amide bonds. The number of thioether (sulfide) groups is 1. The van der Waals surface area contributed by atoms with Crippen LogP contribution in [-0.4, -0.2) is 38.6 Å². The number of fused-ring (bicyclic) bond motifs is 3. The minimum atomic E-state index is -0.480. The second-order valence-corrected chi connectivity index (χ2v) is 8.52. The second kappa shape index (κ2) is 7.44. The molecular weight excluding hydrogens is 400 g/mol. The van der Waals surface area contributed by atoms with E-state index in [4.69, 9.17) is 10.2 Å². The van der Waals surface area contributed by atoms with Crippen LogP contribution in [0.4, 0.5) is 0 Å². The van der Waals surface area contributed by atoms with Gasteiger partial charge in [-0.05, 0) is 24.1 Å². The first-order valence-corrected chi connectivity index (χ1v) is 10.5. The van der Waals surface area contributed by atoms with E-state index in [-0.39, 0.29) is 23.8 Å². The van der Waals surface area contributed by atoms with Crippen LogP contribution in [0.2, 0.25) is 0 Å². The molecule has 10 heteroatoms. The fourth-order valence-electron chi connectivity index (χ4n) is 3.27. The predicted molar refractivity (Wildman–Crippen MR) is 106 cm³/mol. The minimum absolute atomic E-state index is 0.0176. The number of furan rings is 1. The van der Waals surface area contributed by atoms with Crippen molar-refractivity contribution in [1.82, 2.24) is 14.5 Å². The van der Waals surface area contributed by atoms with E-state index in [0.717, 1.165) is 22.2 Å². The molecule has 0 radical (unpaired) electrons. The lowest BCUT2D eigenvalue weighted by molar-refractivity contribution is -0.129. The average Bonchev–Trinajstić information content (AvgIpc) is 3.28. The lowest BCUT2D eigenvalue weighted by Gasteiger charge is -2.25. The molecule has 0 aromatic carbocycles. The Bertz CT molecular complexity index is 1120. The van der Waals surface area contributed by atoms with Gasteiger partial charge in [0.05, 0.1) is 30.5 Å². The van der Waals surface area contributed by atoms with Crippen LogP contribution in [0.15, 0.2) is 32.8 Å². The third-order valence-corrected chi connectivity index (χ3v) is 6.72. The number of primary amides is 1. The first-order chi connectivity index (χ1) is 13.4. The van der Waals surface area contributed by atoms with Crippen molar-refractivity contribution in [2.75, 3.05) is 12.3 Å². The maximum absolute atomic E-state index is 13.3. The lowest BCUT2D eigenvalue weighted by atomic mass is 10.1. The first-order valence-electron chi connectivity index (χ1n) is 8.68. The molecule has 2 N–H and O–H groups in total. The van der Waals surface area contributed by atoms with Crippen molar-refractivity contribution >= 4 is 45.1 Å². The highest BCUT2D eigenvalue weighted by molar-refractivity contribution is 7.99. The smallest absolute Gasteiger partial charge is 0.263 e. The molecule has 4 heterocycles. The van der Waals surface area contributed by atoms with Crippen LogP contribution >= 0.6 is 23.1 Å². The van der Waals surface area contributed by atoms with Gasteiger partial charge in [-0.1, -0.05) is 11.8 Å². The van der Waals surface area contributed by atoms with Crippen molar-refractivity contribution < 1.29 is 14.0 Å². The van der Waals surface area contributed by atoms with Crippen molar-refractivity contribution in [3.8, 4) is 0 Å². The Morgan fingerprint density at radius 2 is 2.25 bits per heavy atom. The van der Waals surface area contributed by atoms with Gasteiger partial charge in [-0.2, -0.15) is 0 Å². The molecule has 0 saturated heterocycles. The average molecular weight is 419 g/mol. The van der Waals surface area contributed by atoms with E-state index in [1.165, 1.54) is 15.9 Å². The molecule has 1 aliphatic heterocycles. The Labute approximate surface area is 168 Å². The number of hydrogen-bond donors (Lipinski definition) is 1. The molecule has 146 valence electrons. The number of amides is 2. The number of rotatable bonds is 5. The van der Waals surface area contributed by atoms with E-state index in [2.05, 4.69) is 4.98 Å². The Kier molecular flexibility index (Phi) is 4.98. The van der Waals surface area contributed by atoms with Gasteiger partial charge in [0, 0.05) is 18.3 Å². The predicted octanol–water partition coefficient (Wildman–Crippen LogP) is 1.58. The van der Waals surface area contributed by atoms with Crippen LogP contribution in [0.3, 0.4) is 0 Å². The van der Waals surface area contributed by atoms with Crippen LogP contribution in [0, 0.1) is 0 Å². The van der Waals surface area contributed by atoms with Crippen molar-refractivity contribution in [3.63, 3.8) is 0 Å². The topological polar surface area (TPSA) is 111 Å². The minimum Gasteiger partial charge on any atom is -0.467 e. The summed E-state index contributed by atoms with van der Waals surface area (Å²) >= 11 is 2.56. The second-order valence-electron chi connectivity index (χ2n) is 6.49. The van der Waals surface area contributed by atoms with Gasteiger partial charge in [0.25, 0.3) is 5.56 Å². The highest BCUT2D eigenvalue weighted by atomic mass is 32.2. The molecule has 8 nitrogen and oxygen atoms in total. The number of carbonyl (C=O) groups is 2. The number of nitrogens with zero attached hydrogens (tertiary/aromatic N) is 3. The summed E-state index contributed by atoms with van der Waals surface area (Å²) in [5.74, 6) is 0.186. The SMILES string of the molecule is CC(=O)N1CCc2c(sc3nc(SCC(N)=O)n(Cc4ccco4)c(=O)c23)C1. The first kappa shape index (κ1) is 18.8. The Balaban J connectivity index is 1.84. The summed E-state index contributed by atoms with van der Waals surface area (Å²) in [4.78, 5) is 44.3. The fraction of sp³-hybridized carbons (Fsp3) is 0.333. The van der Waals surface area contributed by atoms with E-state index in [9.17, 15) is 14.4 Å². The van der Waals surface area contributed by atoms with Crippen LogP contribution in [0.25, 0.3) is 10.2 Å². The van der Waals surface area contributed by atoms with Crippen LogP contribution in [0.1, 0.15) is 23.1 Å². The monoisotopic (exact) mass is 418 g/mol. The van der Waals surface area contributed by atoms with Crippen molar-refractivity contribution in [2.45, 2.75) is 31.6 Å². The molecule has 0 aliphatic carbocycles. The van der Waals surface area contributed by atoms with Crippen molar-refractivity contribution in [1.29, 1.82) is 0 Å². The third-order valence-electron chi connectivity index (χ3n) is 4.61. The van der Waals surface area contributed by atoms with Crippen LogP contribution in [0.5, 0.6) is 0 Å². The normalized spacial score (nSPS) is 13.7. The summed E-state index contributed by atoms with van der Waals surface area (Å²) in [5, 5.41) is 1.02. The molecule has 3 aromatic heterocycles. The van der Waals surface area contributed by atoms with Gasteiger partial charge >= 0.3 is 0 Å². The molecule has 0 atom stereocenters. The van der Waals surface area contributed by atoms with Gasteiger partial charge in [0.1, 0.15) is 10.6 Å². The molecule has 0 unspecified atom stereocenters. The van der Waals surface area contributed by atoms with Gasteiger partial charge < -0.3 is 15.1 Å². The largest absolute Gasteiger partial charge is 0.467 e. The van der Waals surface area contributed by atoms with E-state index in [0.29, 0.717) is 40.6 Å². The van der Waals surface area contributed by atoms with Gasteiger partial charge in [0.2, 0.25) is 11.8 Å². The van der Waals surface area contributed by atoms with E-state index < -0.39 is 5.91 Å². The summed E-state index contributed by atoms with van der Waals surface area (Å²) in [6.07, 6.45) is 2.17. The maximum Gasteiger partial charge on any atom is 0.263 e. The number of nitrogens with two attached hydrogens (primary N) is 1. The zero-order valence-electron chi connectivity index (χ0n) is 15.1. The van der Waals surface area contributed by atoms with E-state index >= 15 is 0 Å². The Hall–Kier alpha value is -2.59. The van der Waals surface area contributed by atoms with Crippen LogP contribution in [-0.2, 0) is 29.1 Å². The summed E-state index contributed by atoms with van der Waals surface area (Å²) in [7, 11) is 0. The number of hydrogen-bond acceptors (Lipinski definition) is 7. The zero-order chi connectivity index (χ0) is 19.8. The molecule has 1 aliphatic rings. The number of aromatic nitrogens is 2. The van der Waals surface area contributed by atoms with Gasteiger partial charge in [0.15, 0.2) is 5.16 Å². The Morgan fingerprint density at radius 3 is 2.93 bits per heavy atom. The van der Waals surface area contributed by atoms with Crippen LogP contribution < -0.4 is 11.3 Å². The molecule has 0 bridgehead atoms. The van der Waals surface area contributed by atoms with Gasteiger partial charge in [-0.3, -0.25) is 19.0 Å². The zero-order valence-corrected chi connectivity index (χ0v) is 16.8. The maximum atomic E-state index is 13.3. The van der Waals surface area contributed by atoms with Crippen molar-refractivity contribution in [2.24, 2.45) is 5.73 Å². The van der Waals surface area contributed by atoms with E-state index in [1.807, 2.05) is 0 Å². The third kappa shape index (κ3) is 3.45. The molecule has 0 saturated carbocycles. The molecule has 0 spiro atoms. The summed E-state index contributed by atoms with van der Waals surface area (Å²) in [6.45, 7) is 2.85. The molecule has 3 aromatic rings. The highest BCUT2D eigenvalue weighted by Gasteiger charge is 2.26. The summed E-state index contributed by atoms with van der Waals surface area (Å²) in [5.41, 5.74) is 6.07. The van der Waals surface area contributed by atoms with Gasteiger partial charge in [-0.15, -0.1) is 11.3 Å². The quantitative estimate of drug-likeness (QED) is 0.497. The summed E-state index contributed by atoms with van der Waals surface area (Å²) in [6, 6.07) is 3.54. The van der Waals surface area contributed by atoms with E-state index in [1.54, 1.807) is 30.2 Å². The lowest BCUT2D eigenvalue weighted by Crippen LogP contribution is -2.34.